The lowest BCUT2D eigenvalue weighted by atomic mass is 10.0. The molecule has 0 spiro atoms. The number of benzene rings is 1. The number of H-pyrrole nitrogens is 1. The zero-order valence-electron chi connectivity index (χ0n) is 18.1. The Bertz CT molecular complexity index is 1230. The van der Waals surface area contributed by atoms with Gasteiger partial charge in [0.15, 0.2) is 10.8 Å². The van der Waals surface area contributed by atoms with Crippen molar-refractivity contribution in [2.24, 2.45) is 0 Å². The third kappa shape index (κ3) is 3.86. The first-order chi connectivity index (χ1) is 15.5. The average Bonchev–Trinajstić information content (AvgIpc) is 3.25. The normalized spacial score (nSPS) is 16.7. The van der Waals surface area contributed by atoms with Gasteiger partial charge in [-0.05, 0) is 30.9 Å². The monoisotopic (exact) mass is 453 g/mol. The van der Waals surface area contributed by atoms with Crippen molar-refractivity contribution in [3.8, 4) is 0 Å². The molecule has 2 aliphatic heterocycles. The van der Waals surface area contributed by atoms with Crippen molar-refractivity contribution in [3.63, 3.8) is 0 Å². The van der Waals surface area contributed by atoms with Crippen molar-refractivity contribution in [1.29, 1.82) is 0 Å². The third-order valence-corrected chi connectivity index (χ3v) is 7.60. The smallest absolute Gasteiger partial charge is 0.355 e. The molecule has 1 saturated heterocycles. The third-order valence-electron chi connectivity index (χ3n) is 6.34. The molecular weight excluding hydrogens is 426 g/mol. The number of aromatic carboxylic acids is 1. The lowest BCUT2D eigenvalue weighted by Crippen LogP contribution is -2.46. The first kappa shape index (κ1) is 21.0. The molecule has 1 aromatic carbocycles. The molecule has 2 aromatic heterocycles. The Morgan fingerprint density at radius 1 is 1.25 bits per heavy atom. The highest BCUT2D eigenvalue weighted by Crippen LogP contribution is 2.30. The van der Waals surface area contributed by atoms with Gasteiger partial charge in [0.25, 0.3) is 5.56 Å². The maximum atomic E-state index is 12.5. The first-order valence-electron chi connectivity index (χ1n) is 11.2. The summed E-state index contributed by atoms with van der Waals surface area (Å²) < 4.78 is 0. The van der Waals surface area contributed by atoms with Gasteiger partial charge in [0, 0.05) is 55.1 Å². The van der Waals surface area contributed by atoms with E-state index in [9.17, 15) is 14.7 Å². The van der Waals surface area contributed by atoms with Crippen LogP contribution in [0.15, 0.2) is 23.0 Å². The maximum Gasteiger partial charge on any atom is 0.355 e. The largest absolute Gasteiger partial charge is 0.476 e. The van der Waals surface area contributed by atoms with Gasteiger partial charge in [0.05, 0.1) is 11.2 Å². The summed E-state index contributed by atoms with van der Waals surface area (Å²) in [5.41, 5.74) is 4.12. The van der Waals surface area contributed by atoms with E-state index in [0.29, 0.717) is 6.42 Å². The molecule has 4 heterocycles. The van der Waals surface area contributed by atoms with Gasteiger partial charge in [0.2, 0.25) is 0 Å². The number of nitrogens with one attached hydrogen (secondary N) is 2. The number of thiazole rings is 1. The van der Waals surface area contributed by atoms with Crippen LogP contribution in [0, 0.1) is 0 Å². The number of carboxylic acid groups (broad SMARTS) is 1. The van der Waals surface area contributed by atoms with Gasteiger partial charge in [0.1, 0.15) is 0 Å². The summed E-state index contributed by atoms with van der Waals surface area (Å²) in [6, 6.07) is 6.35. The van der Waals surface area contributed by atoms with Crippen LogP contribution in [0.4, 0.5) is 10.8 Å². The molecule has 1 fully saturated rings. The lowest BCUT2D eigenvalue weighted by Gasteiger charge is -2.34. The SMILES string of the molecule is CCc1sc(N2CCN(Cc3ccc4c5c(c(=O)[nH]c4c3)CCCN5)CC2)nc1C(=O)O. The van der Waals surface area contributed by atoms with E-state index in [1.165, 1.54) is 16.9 Å². The van der Waals surface area contributed by atoms with E-state index in [1.807, 2.05) is 6.92 Å². The number of carboxylic acids is 1. The van der Waals surface area contributed by atoms with E-state index < -0.39 is 5.97 Å². The molecule has 3 N–H and O–H groups in total. The minimum absolute atomic E-state index is 0.0149. The van der Waals surface area contributed by atoms with Crippen LogP contribution in [-0.4, -0.2) is 58.7 Å². The van der Waals surface area contributed by atoms with Gasteiger partial charge in [-0.1, -0.05) is 19.1 Å². The van der Waals surface area contributed by atoms with Crippen molar-refractivity contribution in [2.75, 3.05) is 42.9 Å². The molecular formula is C23H27N5O3S. The summed E-state index contributed by atoms with van der Waals surface area (Å²) in [4.78, 5) is 36.8. The van der Waals surface area contributed by atoms with E-state index in [4.69, 9.17) is 0 Å². The molecule has 8 nitrogen and oxygen atoms in total. The van der Waals surface area contributed by atoms with Crippen LogP contribution in [0.3, 0.4) is 0 Å². The minimum Gasteiger partial charge on any atom is -0.476 e. The number of piperazine rings is 1. The number of hydrogen-bond donors (Lipinski definition) is 3. The highest BCUT2D eigenvalue weighted by molar-refractivity contribution is 7.15. The number of anilines is 2. The molecule has 0 aliphatic carbocycles. The number of carbonyl (C=O) groups is 1. The molecule has 0 unspecified atom stereocenters. The molecule has 0 saturated carbocycles. The Hall–Kier alpha value is -2.91. The van der Waals surface area contributed by atoms with Crippen LogP contribution in [0.2, 0.25) is 0 Å². The molecule has 3 aromatic rings. The number of aryl methyl sites for hydroxylation is 1. The summed E-state index contributed by atoms with van der Waals surface area (Å²) in [5.74, 6) is -0.950. The van der Waals surface area contributed by atoms with Crippen LogP contribution in [0.25, 0.3) is 10.9 Å². The van der Waals surface area contributed by atoms with Crippen molar-refractivity contribution in [3.05, 3.63) is 50.3 Å². The average molecular weight is 454 g/mol. The molecule has 0 radical (unpaired) electrons. The highest BCUT2D eigenvalue weighted by atomic mass is 32.1. The van der Waals surface area contributed by atoms with E-state index in [0.717, 1.165) is 84.3 Å². The molecule has 0 bridgehead atoms. The zero-order chi connectivity index (χ0) is 22.2. The quantitative estimate of drug-likeness (QED) is 0.546. The number of aromatic amines is 1. The number of hydrogen-bond acceptors (Lipinski definition) is 7. The fourth-order valence-electron chi connectivity index (χ4n) is 4.64. The highest BCUT2D eigenvalue weighted by Gasteiger charge is 2.23. The predicted molar refractivity (Wildman–Crippen MR) is 127 cm³/mol. The second-order valence-electron chi connectivity index (χ2n) is 8.41. The number of aromatic nitrogens is 2. The van der Waals surface area contributed by atoms with E-state index in [2.05, 4.69) is 43.3 Å². The van der Waals surface area contributed by atoms with Crippen LogP contribution >= 0.6 is 11.3 Å². The van der Waals surface area contributed by atoms with Crippen LogP contribution in [0.1, 0.15) is 39.8 Å². The molecule has 168 valence electrons. The Kier molecular flexibility index (Phi) is 5.60. The Morgan fingerprint density at radius 2 is 2.06 bits per heavy atom. The summed E-state index contributed by atoms with van der Waals surface area (Å²) in [6.07, 6.45) is 2.50. The van der Waals surface area contributed by atoms with E-state index in [-0.39, 0.29) is 11.3 Å². The number of rotatable bonds is 5. The topological polar surface area (TPSA) is 102 Å². The van der Waals surface area contributed by atoms with Crippen molar-refractivity contribution in [2.45, 2.75) is 32.7 Å². The van der Waals surface area contributed by atoms with Gasteiger partial charge in [-0.15, -0.1) is 11.3 Å². The Morgan fingerprint density at radius 3 is 2.78 bits per heavy atom. The molecule has 2 aliphatic rings. The summed E-state index contributed by atoms with van der Waals surface area (Å²) in [6.45, 7) is 7.08. The summed E-state index contributed by atoms with van der Waals surface area (Å²) >= 11 is 1.49. The second-order valence-corrected chi connectivity index (χ2v) is 9.47. The van der Waals surface area contributed by atoms with Crippen molar-refractivity contribution in [1.82, 2.24) is 14.9 Å². The molecule has 32 heavy (non-hydrogen) atoms. The van der Waals surface area contributed by atoms with E-state index >= 15 is 0 Å². The van der Waals surface area contributed by atoms with Gasteiger partial charge in [-0.25, -0.2) is 9.78 Å². The standard InChI is InChI=1S/C23H27N5O3S/c1-2-18-20(22(30)31)26-23(32-18)28-10-8-27(9-11-28)13-14-5-6-15-17(12-14)25-21(29)16-4-3-7-24-19(15)16/h5-6,12,24H,2-4,7-11,13H2,1H3,(H,25,29)(H,30,31). The lowest BCUT2D eigenvalue weighted by molar-refractivity contribution is 0.0690. The number of fused-ring (bicyclic) bond motifs is 3. The molecule has 5 rings (SSSR count). The number of pyridine rings is 1. The molecule has 0 amide bonds. The van der Waals surface area contributed by atoms with Gasteiger partial charge in [-0.3, -0.25) is 9.69 Å². The summed E-state index contributed by atoms with van der Waals surface area (Å²) in [7, 11) is 0. The number of nitrogens with zero attached hydrogens (tertiary/aromatic N) is 3. The zero-order valence-corrected chi connectivity index (χ0v) is 18.9. The van der Waals surface area contributed by atoms with Crippen LogP contribution in [0.5, 0.6) is 0 Å². The van der Waals surface area contributed by atoms with Crippen LogP contribution < -0.4 is 15.8 Å². The first-order valence-corrected chi connectivity index (χ1v) is 12.0. The molecule has 9 heteroatoms. The summed E-state index contributed by atoms with van der Waals surface area (Å²) in [5, 5.41) is 14.7. The fourth-order valence-corrected chi connectivity index (χ4v) is 5.68. The second kappa shape index (κ2) is 8.55. The van der Waals surface area contributed by atoms with Crippen LogP contribution in [-0.2, 0) is 19.4 Å². The maximum absolute atomic E-state index is 12.5. The van der Waals surface area contributed by atoms with E-state index in [1.54, 1.807) is 0 Å². The minimum atomic E-state index is -0.950. The van der Waals surface area contributed by atoms with Gasteiger partial charge >= 0.3 is 5.97 Å². The Labute approximate surface area is 189 Å². The molecule has 0 atom stereocenters. The Balaban J connectivity index is 1.28. The van der Waals surface area contributed by atoms with Crippen molar-refractivity contribution >= 4 is 39.0 Å². The predicted octanol–water partition coefficient (Wildman–Crippen LogP) is 2.93. The van der Waals surface area contributed by atoms with Crippen molar-refractivity contribution < 1.29 is 9.90 Å². The van der Waals surface area contributed by atoms with Gasteiger partial charge in [-0.2, -0.15) is 0 Å². The van der Waals surface area contributed by atoms with Gasteiger partial charge < -0.3 is 20.3 Å². The fraction of sp³-hybridized carbons (Fsp3) is 0.435.